The predicted octanol–water partition coefficient (Wildman–Crippen LogP) is 5.62. The fourth-order valence-corrected chi connectivity index (χ4v) is 7.93. The molecule has 6 rings (SSSR count). The molecule has 10 nitrogen and oxygen atoms in total. The number of piperazine rings is 1. The Kier molecular flexibility index (Phi) is 10.7. The second-order valence-corrected chi connectivity index (χ2v) is 14.0. The number of halogens is 1. The maximum absolute atomic E-state index is 13.9. The quantitative estimate of drug-likeness (QED) is 0.380. The van der Waals surface area contributed by atoms with Crippen LogP contribution in [-0.2, 0) is 22.4 Å². The molecule has 2 N–H and O–H groups in total. The topological polar surface area (TPSA) is 106 Å². The first-order valence-electron chi connectivity index (χ1n) is 17.0. The number of fused-ring (bicyclic) bond motifs is 1. The summed E-state index contributed by atoms with van der Waals surface area (Å²) >= 11 is 3.37. The number of nitrogens with zero attached hydrogens (tertiary/aromatic N) is 4. The lowest BCUT2D eigenvalue weighted by Gasteiger charge is -2.40. The Bertz CT molecular complexity index is 1380. The van der Waals surface area contributed by atoms with E-state index in [1.54, 1.807) is 23.1 Å². The third kappa shape index (κ3) is 7.79. The summed E-state index contributed by atoms with van der Waals surface area (Å²) in [5.74, 6) is -0.0585. The van der Waals surface area contributed by atoms with Crippen LogP contribution in [0.2, 0.25) is 0 Å². The third-order valence-corrected chi connectivity index (χ3v) is 10.9. The lowest BCUT2D eigenvalue weighted by Crippen LogP contribution is -2.55. The van der Waals surface area contributed by atoms with Crippen molar-refractivity contribution in [2.75, 3.05) is 51.1 Å². The van der Waals surface area contributed by atoms with Crippen molar-refractivity contribution in [1.82, 2.24) is 19.6 Å². The number of amides is 4. The average molecular weight is 697 g/mol. The maximum Gasteiger partial charge on any atom is 0.410 e. The van der Waals surface area contributed by atoms with Crippen molar-refractivity contribution >= 4 is 39.6 Å². The number of phenolic OH excluding ortho intramolecular Hbond substituents is 1. The van der Waals surface area contributed by atoms with Crippen molar-refractivity contribution in [3.8, 4) is 5.75 Å². The summed E-state index contributed by atoms with van der Waals surface area (Å²) in [6, 6.07) is 13.5. The van der Waals surface area contributed by atoms with E-state index >= 15 is 0 Å². The molecule has 1 saturated carbocycles. The first-order chi connectivity index (χ1) is 22.4. The van der Waals surface area contributed by atoms with Crippen molar-refractivity contribution in [1.29, 1.82) is 0 Å². The second kappa shape index (κ2) is 15.1. The Morgan fingerprint density at radius 1 is 0.870 bits per heavy atom. The Morgan fingerprint density at radius 3 is 2.30 bits per heavy atom. The fourth-order valence-electron chi connectivity index (χ4n) is 7.50. The van der Waals surface area contributed by atoms with Crippen LogP contribution in [-0.4, -0.2) is 107 Å². The Hall–Kier alpha value is -3.31. The van der Waals surface area contributed by atoms with Gasteiger partial charge in [0.05, 0.1) is 4.47 Å². The first-order valence-corrected chi connectivity index (χ1v) is 17.8. The van der Waals surface area contributed by atoms with E-state index in [1.807, 2.05) is 34.1 Å². The Morgan fingerprint density at radius 2 is 1.59 bits per heavy atom. The highest BCUT2D eigenvalue weighted by molar-refractivity contribution is 9.10. The largest absolute Gasteiger partial charge is 0.507 e. The maximum atomic E-state index is 13.9. The number of para-hydroxylation sites is 1. The number of ether oxygens (including phenoxy) is 1. The molecule has 1 unspecified atom stereocenters. The van der Waals surface area contributed by atoms with Crippen LogP contribution >= 0.6 is 15.9 Å². The SMILES string of the molecule is O=C(OC(Cc1ccc(O)c(Br)c1)C(=O)N1CCN(C2CCCCCC2)CC1)N1CCC(N2CCc3ccccc3NC2=O)CC1. The first kappa shape index (κ1) is 32.6. The van der Waals surface area contributed by atoms with Gasteiger partial charge in [-0.1, -0.05) is 49.9 Å². The number of carbonyl (C=O) groups excluding carboxylic acids is 3. The molecule has 46 heavy (non-hydrogen) atoms. The van der Waals surface area contributed by atoms with Gasteiger partial charge in [0.15, 0.2) is 6.10 Å². The number of benzene rings is 2. The number of nitrogens with one attached hydrogen (secondary N) is 1. The van der Waals surface area contributed by atoms with Gasteiger partial charge in [0.1, 0.15) is 5.75 Å². The van der Waals surface area contributed by atoms with Crippen LogP contribution in [0.4, 0.5) is 15.3 Å². The molecule has 2 saturated heterocycles. The van der Waals surface area contributed by atoms with Crippen molar-refractivity contribution in [3.05, 3.63) is 58.1 Å². The molecule has 4 aliphatic rings. The van der Waals surface area contributed by atoms with E-state index in [2.05, 4.69) is 26.1 Å². The Labute approximate surface area is 280 Å². The van der Waals surface area contributed by atoms with Crippen LogP contribution in [0.1, 0.15) is 62.5 Å². The van der Waals surface area contributed by atoms with Crippen molar-refractivity contribution in [2.45, 2.75) is 82.4 Å². The van der Waals surface area contributed by atoms with Crippen LogP contribution in [0, 0.1) is 0 Å². The van der Waals surface area contributed by atoms with E-state index in [0.29, 0.717) is 56.1 Å². The number of aromatic hydroxyl groups is 1. The number of rotatable bonds is 6. The van der Waals surface area contributed by atoms with Gasteiger partial charge in [-0.15, -0.1) is 0 Å². The minimum atomic E-state index is -0.971. The van der Waals surface area contributed by atoms with Crippen molar-refractivity contribution < 1.29 is 24.2 Å². The molecule has 248 valence electrons. The zero-order valence-corrected chi connectivity index (χ0v) is 28.1. The molecule has 11 heteroatoms. The Balaban J connectivity index is 1.07. The number of carbonyl (C=O) groups is 3. The predicted molar refractivity (Wildman–Crippen MR) is 180 cm³/mol. The fraction of sp³-hybridized carbons (Fsp3) is 0.571. The summed E-state index contributed by atoms with van der Waals surface area (Å²) in [5.41, 5.74) is 2.78. The van der Waals surface area contributed by atoms with Gasteiger partial charge < -0.3 is 29.9 Å². The molecule has 1 aliphatic carbocycles. The molecule has 4 amide bonds. The minimum absolute atomic E-state index is 0.0231. The molecule has 0 bridgehead atoms. The molecule has 3 aliphatic heterocycles. The number of phenols is 1. The molecule has 2 aromatic carbocycles. The van der Waals surface area contributed by atoms with Crippen LogP contribution < -0.4 is 5.32 Å². The summed E-state index contributed by atoms with van der Waals surface area (Å²) in [6.07, 6.45) is 8.47. The molecule has 3 fully saturated rings. The standard InChI is InChI=1S/C35H46BrN5O5/c36-29-23-25(11-12-31(29)42)24-32(33(43)39-21-19-38(20-22-39)27-8-3-1-2-4-9-27)46-35(45)40-16-14-28(15-17-40)41-18-13-26-7-5-6-10-30(26)37-34(41)44/h5-7,10-12,23,27-28,32,42H,1-4,8-9,13-22,24H2,(H,37,44). The molecule has 2 aromatic rings. The van der Waals surface area contributed by atoms with Crippen LogP contribution in [0.5, 0.6) is 5.75 Å². The van der Waals surface area contributed by atoms with Crippen LogP contribution in [0.3, 0.4) is 0 Å². The van der Waals surface area contributed by atoms with Gasteiger partial charge >= 0.3 is 12.1 Å². The lowest BCUT2D eigenvalue weighted by atomic mass is 10.0. The smallest absolute Gasteiger partial charge is 0.410 e. The van der Waals surface area contributed by atoms with E-state index < -0.39 is 12.2 Å². The van der Waals surface area contributed by atoms with Gasteiger partial charge in [-0.05, 0) is 77.4 Å². The van der Waals surface area contributed by atoms with E-state index in [-0.39, 0.29) is 30.2 Å². The minimum Gasteiger partial charge on any atom is -0.507 e. The van der Waals surface area contributed by atoms with E-state index in [9.17, 15) is 19.5 Å². The number of hydrogen-bond acceptors (Lipinski definition) is 6. The molecule has 0 radical (unpaired) electrons. The molecular formula is C35H46BrN5O5. The normalized spacial score (nSPS) is 21.2. The highest BCUT2D eigenvalue weighted by atomic mass is 79.9. The molecule has 0 spiro atoms. The number of anilines is 1. The number of piperidine rings is 1. The molecule has 1 atom stereocenters. The van der Waals surface area contributed by atoms with Crippen molar-refractivity contribution in [2.24, 2.45) is 0 Å². The summed E-state index contributed by atoms with van der Waals surface area (Å²) in [6.45, 7) is 4.45. The van der Waals surface area contributed by atoms with E-state index in [1.165, 1.54) is 38.5 Å². The zero-order valence-electron chi connectivity index (χ0n) is 26.5. The average Bonchev–Trinajstić information content (AvgIpc) is 3.45. The van der Waals surface area contributed by atoms with Crippen LogP contribution in [0.15, 0.2) is 46.9 Å². The number of hydrogen-bond donors (Lipinski definition) is 2. The number of likely N-dealkylation sites (tertiary alicyclic amines) is 1. The molecular weight excluding hydrogens is 650 g/mol. The van der Waals surface area contributed by atoms with Crippen LogP contribution in [0.25, 0.3) is 0 Å². The third-order valence-electron chi connectivity index (χ3n) is 10.2. The van der Waals surface area contributed by atoms with Gasteiger partial charge in [-0.25, -0.2) is 9.59 Å². The summed E-state index contributed by atoms with van der Waals surface area (Å²) in [7, 11) is 0. The highest BCUT2D eigenvalue weighted by Crippen LogP contribution is 2.28. The summed E-state index contributed by atoms with van der Waals surface area (Å²) in [4.78, 5) is 48.5. The molecule has 0 aromatic heterocycles. The molecule has 3 heterocycles. The second-order valence-electron chi connectivity index (χ2n) is 13.1. The van der Waals surface area contributed by atoms with Gasteiger partial charge in [-0.2, -0.15) is 0 Å². The lowest BCUT2D eigenvalue weighted by molar-refractivity contribution is -0.143. The van der Waals surface area contributed by atoms with Gasteiger partial charge in [0.2, 0.25) is 0 Å². The summed E-state index contributed by atoms with van der Waals surface area (Å²) < 4.78 is 6.54. The van der Waals surface area contributed by atoms with Crippen molar-refractivity contribution in [3.63, 3.8) is 0 Å². The zero-order chi connectivity index (χ0) is 32.0. The van der Waals surface area contributed by atoms with E-state index in [4.69, 9.17) is 4.74 Å². The van der Waals surface area contributed by atoms with E-state index in [0.717, 1.165) is 36.3 Å². The number of urea groups is 1. The van der Waals surface area contributed by atoms with Gasteiger partial charge in [0.25, 0.3) is 5.91 Å². The van der Waals surface area contributed by atoms with Gasteiger partial charge in [0, 0.05) is 70.0 Å². The monoisotopic (exact) mass is 695 g/mol. The summed E-state index contributed by atoms with van der Waals surface area (Å²) in [5, 5.41) is 13.0. The highest BCUT2D eigenvalue weighted by Gasteiger charge is 2.36. The van der Waals surface area contributed by atoms with Gasteiger partial charge in [-0.3, -0.25) is 9.69 Å².